The van der Waals surface area contributed by atoms with E-state index in [0.29, 0.717) is 5.41 Å². The molecule has 26 heavy (non-hydrogen) atoms. The van der Waals surface area contributed by atoms with Gasteiger partial charge in [0.2, 0.25) is 0 Å². The van der Waals surface area contributed by atoms with Gasteiger partial charge in [-0.1, -0.05) is 12.1 Å². The zero-order valence-corrected chi connectivity index (χ0v) is 18.3. The molecule has 2 fully saturated rings. The third-order valence-electron chi connectivity index (χ3n) is 5.28. The number of nitrogens with one attached hydrogen (secondary N) is 1. The summed E-state index contributed by atoms with van der Waals surface area (Å²) in [6, 6.07) is 8.30. The van der Waals surface area contributed by atoms with Gasteiger partial charge in [0, 0.05) is 38.2 Å². The van der Waals surface area contributed by atoms with Gasteiger partial charge in [-0.3, -0.25) is 4.99 Å². The molecule has 2 aliphatic heterocycles. The summed E-state index contributed by atoms with van der Waals surface area (Å²) in [5.41, 5.74) is 1.68. The summed E-state index contributed by atoms with van der Waals surface area (Å²) >= 11 is 0. The molecule has 6 heteroatoms. The molecule has 5 nitrogen and oxygen atoms in total. The number of aryl methyl sites for hydroxylation is 1. The molecule has 1 spiro atoms. The fraction of sp³-hybridized carbons (Fsp3) is 0.650. The van der Waals surface area contributed by atoms with Crippen LogP contribution in [-0.4, -0.2) is 57.4 Å². The van der Waals surface area contributed by atoms with Gasteiger partial charge in [0.05, 0.1) is 13.7 Å². The Morgan fingerprint density at radius 3 is 3.00 bits per heavy atom. The lowest BCUT2D eigenvalue weighted by Crippen LogP contribution is -2.41. The van der Waals surface area contributed by atoms with Crippen molar-refractivity contribution in [3.63, 3.8) is 0 Å². The smallest absolute Gasteiger partial charge is 0.193 e. The lowest BCUT2D eigenvalue weighted by atomic mass is 9.87. The molecule has 0 radical (unpaired) electrons. The number of halogens is 1. The predicted octanol–water partition coefficient (Wildman–Crippen LogP) is 3.32. The van der Waals surface area contributed by atoms with E-state index in [4.69, 9.17) is 14.5 Å². The summed E-state index contributed by atoms with van der Waals surface area (Å²) in [5.74, 6) is 1.99. The average Bonchev–Trinajstić information content (AvgIpc) is 3.28. The molecule has 0 bridgehead atoms. The number of guanidine groups is 1. The molecule has 3 rings (SSSR count). The van der Waals surface area contributed by atoms with E-state index in [0.717, 1.165) is 63.9 Å². The molecule has 1 unspecified atom stereocenters. The first-order valence-corrected chi connectivity index (χ1v) is 9.49. The fourth-order valence-electron chi connectivity index (χ4n) is 3.81. The molecule has 0 aliphatic carbocycles. The number of ether oxygens (including phenoxy) is 2. The van der Waals surface area contributed by atoms with Crippen LogP contribution >= 0.6 is 24.0 Å². The van der Waals surface area contributed by atoms with E-state index in [1.54, 1.807) is 7.11 Å². The molecular formula is C20H32IN3O2. The van der Waals surface area contributed by atoms with Gasteiger partial charge in [-0.25, -0.2) is 0 Å². The van der Waals surface area contributed by atoms with Gasteiger partial charge in [-0.05, 0) is 50.3 Å². The Morgan fingerprint density at radius 2 is 2.27 bits per heavy atom. The van der Waals surface area contributed by atoms with E-state index in [9.17, 15) is 0 Å². The highest BCUT2D eigenvalue weighted by atomic mass is 127. The topological polar surface area (TPSA) is 46.1 Å². The quantitative estimate of drug-likeness (QED) is 0.298. The van der Waals surface area contributed by atoms with E-state index in [1.807, 2.05) is 6.07 Å². The van der Waals surface area contributed by atoms with Crippen molar-refractivity contribution in [3.8, 4) is 5.75 Å². The molecule has 0 aromatic heterocycles. The minimum Gasteiger partial charge on any atom is -0.497 e. The molecule has 146 valence electrons. The molecule has 1 N–H and O–H groups in total. The Morgan fingerprint density at radius 1 is 1.38 bits per heavy atom. The first-order chi connectivity index (χ1) is 12.2. The van der Waals surface area contributed by atoms with Crippen LogP contribution in [0.1, 0.15) is 31.7 Å². The monoisotopic (exact) mass is 473 g/mol. The number of aliphatic imine (C=N–C) groups is 1. The second kappa shape index (κ2) is 10.3. The second-order valence-electron chi connectivity index (χ2n) is 7.16. The number of hydrogen-bond acceptors (Lipinski definition) is 3. The highest BCUT2D eigenvalue weighted by molar-refractivity contribution is 14.0. The predicted molar refractivity (Wildman–Crippen MR) is 117 cm³/mol. The van der Waals surface area contributed by atoms with E-state index in [1.165, 1.54) is 18.4 Å². The Kier molecular flexibility index (Phi) is 8.47. The van der Waals surface area contributed by atoms with Crippen molar-refractivity contribution in [2.75, 3.05) is 46.5 Å². The standard InChI is InChI=1S/C20H31N3O2.HI/c1-3-21-19(23-12-9-20(15-23)10-13-25-16-20)22-11-5-7-17-6-4-8-18(14-17)24-2;/h4,6,8,14H,3,5,7,9-13,15-16H2,1-2H3,(H,21,22);1H. The number of nitrogens with zero attached hydrogens (tertiary/aromatic N) is 2. The first-order valence-electron chi connectivity index (χ1n) is 9.49. The van der Waals surface area contributed by atoms with Gasteiger partial charge < -0.3 is 19.7 Å². The molecule has 1 aromatic carbocycles. The van der Waals surface area contributed by atoms with Crippen LogP contribution in [0.5, 0.6) is 5.75 Å². The van der Waals surface area contributed by atoms with E-state index < -0.39 is 0 Å². The van der Waals surface area contributed by atoms with Crippen molar-refractivity contribution in [2.24, 2.45) is 10.4 Å². The van der Waals surface area contributed by atoms with E-state index in [-0.39, 0.29) is 24.0 Å². The normalized spacial score (nSPS) is 22.5. The molecular weight excluding hydrogens is 441 g/mol. The third kappa shape index (κ3) is 5.49. The van der Waals surface area contributed by atoms with Crippen molar-refractivity contribution in [1.29, 1.82) is 0 Å². The lowest BCUT2D eigenvalue weighted by molar-refractivity contribution is 0.156. The summed E-state index contributed by atoms with van der Waals surface area (Å²) < 4.78 is 10.9. The molecule has 0 amide bonds. The van der Waals surface area contributed by atoms with E-state index in [2.05, 4.69) is 35.3 Å². The maximum Gasteiger partial charge on any atom is 0.193 e. The third-order valence-corrected chi connectivity index (χ3v) is 5.28. The van der Waals surface area contributed by atoms with Gasteiger partial charge >= 0.3 is 0 Å². The van der Waals surface area contributed by atoms with Crippen LogP contribution in [0.2, 0.25) is 0 Å². The maximum atomic E-state index is 5.64. The average molecular weight is 473 g/mol. The Labute approximate surface area is 174 Å². The van der Waals surface area contributed by atoms with Crippen LogP contribution in [-0.2, 0) is 11.2 Å². The van der Waals surface area contributed by atoms with Gasteiger partial charge in [0.1, 0.15) is 5.75 Å². The number of likely N-dealkylation sites (tertiary alicyclic amines) is 1. The highest BCUT2D eigenvalue weighted by Gasteiger charge is 2.42. The van der Waals surface area contributed by atoms with Gasteiger partial charge in [0.25, 0.3) is 0 Å². The first kappa shape index (κ1) is 21.3. The number of benzene rings is 1. The van der Waals surface area contributed by atoms with Crippen LogP contribution in [0.4, 0.5) is 0 Å². The molecule has 0 saturated carbocycles. The number of rotatable bonds is 6. The lowest BCUT2D eigenvalue weighted by Gasteiger charge is -2.25. The van der Waals surface area contributed by atoms with Crippen LogP contribution in [0.25, 0.3) is 0 Å². The summed E-state index contributed by atoms with van der Waals surface area (Å²) in [7, 11) is 1.71. The van der Waals surface area contributed by atoms with Crippen LogP contribution < -0.4 is 10.1 Å². The van der Waals surface area contributed by atoms with Crippen LogP contribution in [0.15, 0.2) is 29.3 Å². The molecule has 2 saturated heterocycles. The van der Waals surface area contributed by atoms with Crippen molar-refractivity contribution >= 4 is 29.9 Å². The van der Waals surface area contributed by atoms with Crippen molar-refractivity contribution < 1.29 is 9.47 Å². The number of hydrogen-bond donors (Lipinski definition) is 1. The summed E-state index contributed by atoms with van der Waals surface area (Å²) in [6.45, 7) is 7.89. The minimum atomic E-state index is 0. The van der Waals surface area contributed by atoms with Crippen molar-refractivity contribution in [2.45, 2.75) is 32.6 Å². The van der Waals surface area contributed by atoms with Crippen LogP contribution in [0.3, 0.4) is 0 Å². The summed E-state index contributed by atoms with van der Waals surface area (Å²) in [6.07, 6.45) is 4.49. The highest BCUT2D eigenvalue weighted by Crippen LogP contribution is 2.38. The van der Waals surface area contributed by atoms with Crippen molar-refractivity contribution in [1.82, 2.24) is 10.2 Å². The minimum absolute atomic E-state index is 0. The van der Waals surface area contributed by atoms with Crippen LogP contribution in [0, 0.1) is 5.41 Å². The molecule has 2 aliphatic rings. The maximum absolute atomic E-state index is 5.64. The SMILES string of the molecule is CCNC(=NCCCc1cccc(OC)c1)N1CCC2(CCOC2)C1.I. The largest absolute Gasteiger partial charge is 0.497 e. The summed E-state index contributed by atoms with van der Waals surface area (Å²) in [5, 5.41) is 3.46. The molecule has 2 heterocycles. The zero-order valence-electron chi connectivity index (χ0n) is 16.0. The Balaban J connectivity index is 0.00000243. The summed E-state index contributed by atoms with van der Waals surface area (Å²) in [4.78, 5) is 7.29. The Hall–Kier alpha value is -1.02. The van der Waals surface area contributed by atoms with Gasteiger partial charge in [-0.15, -0.1) is 24.0 Å². The second-order valence-corrected chi connectivity index (χ2v) is 7.16. The Bertz CT molecular complexity index is 588. The molecule has 1 aromatic rings. The zero-order chi connectivity index (χ0) is 17.5. The number of methoxy groups -OCH3 is 1. The fourth-order valence-corrected chi connectivity index (χ4v) is 3.81. The van der Waals surface area contributed by atoms with Gasteiger partial charge in [0.15, 0.2) is 5.96 Å². The molecule has 1 atom stereocenters. The van der Waals surface area contributed by atoms with Crippen molar-refractivity contribution in [3.05, 3.63) is 29.8 Å². The van der Waals surface area contributed by atoms with E-state index >= 15 is 0 Å². The van der Waals surface area contributed by atoms with Gasteiger partial charge in [-0.2, -0.15) is 0 Å².